The van der Waals surface area contributed by atoms with E-state index in [9.17, 15) is 22.8 Å². The zero-order valence-electron chi connectivity index (χ0n) is 19.0. The van der Waals surface area contributed by atoms with Gasteiger partial charge < -0.3 is 19.5 Å². The van der Waals surface area contributed by atoms with E-state index in [0.29, 0.717) is 17.9 Å². The molecule has 2 aromatic rings. The van der Waals surface area contributed by atoms with Crippen LogP contribution in [0.2, 0.25) is 0 Å². The Kier molecular flexibility index (Phi) is 13.3. The molecule has 0 aliphatic rings. The maximum absolute atomic E-state index is 13.0. The Morgan fingerprint density at radius 1 is 1.03 bits per heavy atom. The normalized spacial score (nSPS) is 11.1. The first-order valence-electron chi connectivity index (χ1n) is 10.4. The van der Waals surface area contributed by atoms with E-state index in [1.807, 2.05) is 6.92 Å². The van der Waals surface area contributed by atoms with E-state index in [4.69, 9.17) is 14.2 Å². The Labute approximate surface area is 192 Å². The van der Waals surface area contributed by atoms with Gasteiger partial charge in [-0.2, -0.15) is 0 Å². The number of halogens is 3. The van der Waals surface area contributed by atoms with E-state index < -0.39 is 19.0 Å². The highest BCUT2D eigenvalue weighted by atomic mass is 19.3. The van der Waals surface area contributed by atoms with E-state index in [1.54, 1.807) is 30.3 Å². The van der Waals surface area contributed by atoms with E-state index >= 15 is 0 Å². The van der Waals surface area contributed by atoms with E-state index in [-0.39, 0.29) is 24.7 Å². The quantitative estimate of drug-likeness (QED) is 0.386. The first-order valence-corrected chi connectivity index (χ1v) is 10.4. The van der Waals surface area contributed by atoms with Crippen molar-refractivity contribution >= 4 is 11.9 Å². The van der Waals surface area contributed by atoms with Crippen LogP contribution in [0.1, 0.15) is 41.3 Å². The molecule has 1 unspecified atom stereocenters. The molecule has 182 valence electrons. The van der Waals surface area contributed by atoms with Crippen LogP contribution in [0, 0.1) is 5.82 Å². The minimum Gasteiger partial charge on any atom is -0.496 e. The van der Waals surface area contributed by atoms with Crippen LogP contribution in [-0.4, -0.2) is 45.7 Å². The van der Waals surface area contributed by atoms with Crippen molar-refractivity contribution in [1.82, 2.24) is 5.32 Å². The van der Waals surface area contributed by atoms with Crippen molar-refractivity contribution in [2.45, 2.75) is 38.8 Å². The molecule has 0 fully saturated rings. The number of alkyl halides is 2. The average molecular weight is 470 g/mol. The molecule has 1 N–H and O–H groups in total. The van der Waals surface area contributed by atoms with E-state index in [2.05, 4.69) is 5.32 Å². The summed E-state index contributed by atoms with van der Waals surface area (Å²) < 4.78 is 48.1. The molecule has 0 saturated heterocycles. The zero-order chi connectivity index (χ0) is 24.6. The van der Waals surface area contributed by atoms with Gasteiger partial charge in [-0.3, -0.25) is 4.79 Å². The lowest BCUT2D eigenvalue weighted by Gasteiger charge is -2.17. The number of amides is 1. The molecule has 0 spiro atoms. The standard InChI is InChI=1S/C23H28FNO5.CH2F2/c1-4-5-12-30-21(23(27)29-3)14-17-8-11-20(28-2)19(13-17)22(26)25-15-16-6-9-18(24)10-7-16;2-1-3/h6-11,13,21H,4-5,12,14-15H2,1-3H3,(H,25,26);1H2. The van der Waals surface area contributed by atoms with Gasteiger partial charge in [0.1, 0.15) is 11.6 Å². The lowest BCUT2D eigenvalue weighted by atomic mass is 10.0. The molecule has 0 saturated carbocycles. The summed E-state index contributed by atoms with van der Waals surface area (Å²) in [6, 6.07) is 11.0. The molecular weight excluding hydrogens is 439 g/mol. The molecule has 33 heavy (non-hydrogen) atoms. The average Bonchev–Trinajstić information content (AvgIpc) is 2.83. The van der Waals surface area contributed by atoms with Crippen LogP contribution in [0.25, 0.3) is 0 Å². The van der Waals surface area contributed by atoms with Gasteiger partial charge in [0, 0.05) is 19.6 Å². The monoisotopic (exact) mass is 469 g/mol. The first kappa shape index (κ1) is 28.0. The number of unbranched alkanes of at least 4 members (excludes halogenated alkanes) is 1. The summed E-state index contributed by atoms with van der Waals surface area (Å²) in [5.41, 5.74) is 1.86. The van der Waals surface area contributed by atoms with Crippen LogP contribution in [0.3, 0.4) is 0 Å². The minimum atomic E-state index is -1.75. The lowest BCUT2D eigenvalue weighted by Crippen LogP contribution is -2.29. The predicted octanol–water partition coefficient (Wildman–Crippen LogP) is 4.55. The molecular formula is C24H30F3NO5. The summed E-state index contributed by atoms with van der Waals surface area (Å²) in [6.07, 6.45) is 1.32. The molecule has 2 aromatic carbocycles. The third kappa shape index (κ3) is 9.95. The molecule has 6 nitrogen and oxygen atoms in total. The summed E-state index contributed by atoms with van der Waals surface area (Å²) in [7, 11) is 2.80. The summed E-state index contributed by atoms with van der Waals surface area (Å²) in [4.78, 5) is 24.8. The third-order valence-electron chi connectivity index (χ3n) is 4.58. The van der Waals surface area contributed by atoms with Crippen molar-refractivity contribution in [2.75, 3.05) is 27.8 Å². The van der Waals surface area contributed by atoms with E-state index in [0.717, 1.165) is 24.0 Å². The summed E-state index contributed by atoms with van der Waals surface area (Å²) in [5.74, 6) is -0.707. The second-order valence-corrected chi connectivity index (χ2v) is 6.89. The molecule has 0 heterocycles. The van der Waals surface area contributed by atoms with Crippen LogP contribution in [0.5, 0.6) is 5.75 Å². The predicted molar refractivity (Wildman–Crippen MR) is 118 cm³/mol. The number of nitrogens with one attached hydrogen (secondary N) is 1. The fraction of sp³-hybridized carbons (Fsp3) is 0.417. The molecule has 0 bridgehead atoms. The van der Waals surface area contributed by atoms with Crippen molar-refractivity contribution in [1.29, 1.82) is 0 Å². The number of hydrogen-bond acceptors (Lipinski definition) is 5. The number of carbonyl (C=O) groups is 2. The van der Waals surface area contributed by atoms with Gasteiger partial charge >= 0.3 is 5.97 Å². The Morgan fingerprint density at radius 3 is 2.24 bits per heavy atom. The fourth-order valence-corrected chi connectivity index (χ4v) is 2.87. The van der Waals surface area contributed by atoms with Crippen LogP contribution in [0.15, 0.2) is 42.5 Å². The molecule has 0 radical (unpaired) electrons. The highest BCUT2D eigenvalue weighted by molar-refractivity contribution is 5.97. The summed E-state index contributed by atoms with van der Waals surface area (Å²) in [5, 5.41) is 2.80. The van der Waals surface area contributed by atoms with Gasteiger partial charge in [-0.15, -0.1) is 0 Å². The van der Waals surface area contributed by atoms with Crippen molar-refractivity contribution in [3.63, 3.8) is 0 Å². The molecule has 9 heteroatoms. The van der Waals surface area contributed by atoms with Crippen LogP contribution in [-0.2, 0) is 27.2 Å². The largest absolute Gasteiger partial charge is 0.496 e. The molecule has 1 atom stereocenters. The second kappa shape index (κ2) is 15.7. The van der Waals surface area contributed by atoms with Gasteiger partial charge in [0.2, 0.25) is 6.93 Å². The van der Waals surface area contributed by atoms with Crippen LogP contribution in [0.4, 0.5) is 13.2 Å². The molecule has 0 aliphatic carbocycles. The van der Waals surface area contributed by atoms with Crippen LogP contribution >= 0.6 is 0 Å². The van der Waals surface area contributed by atoms with E-state index in [1.165, 1.54) is 26.4 Å². The van der Waals surface area contributed by atoms with Gasteiger partial charge in [-0.05, 0) is 41.8 Å². The van der Waals surface area contributed by atoms with Crippen molar-refractivity contribution in [3.8, 4) is 5.75 Å². The summed E-state index contributed by atoms with van der Waals surface area (Å²) >= 11 is 0. The molecule has 1 amide bonds. The SMILES string of the molecule is CCCCOC(Cc1ccc(OC)c(C(=O)NCc2ccc(F)cc2)c1)C(=O)OC.FCF. The third-order valence-corrected chi connectivity index (χ3v) is 4.58. The molecule has 0 aromatic heterocycles. The number of benzene rings is 2. The maximum atomic E-state index is 13.0. The number of rotatable bonds is 11. The Balaban J connectivity index is 0.00000172. The molecule has 2 rings (SSSR count). The highest BCUT2D eigenvalue weighted by Crippen LogP contribution is 2.22. The summed E-state index contributed by atoms with van der Waals surface area (Å²) in [6.45, 7) is 0.992. The van der Waals surface area contributed by atoms with Crippen molar-refractivity contribution < 1.29 is 37.0 Å². The number of ether oxygens (including phenoxy) is 3. The fourth-order valence-electron chi connectivity index (χ4n) is 2.87. The van der Waals surface area contributed by atoms with Gasteiger partial charge in [-0.1, -0.05) is 31.5 Å². The first-order chi connectivity index (χ1) is 15.9. The van der Waals surface area contributed by atoms with Gasteiger partial charge in [0.15, 0.2) is 6.10 Å². The minimum absolute atomic E-state index is 0.247. The Morgan fingerprint density at radius 2 is 1.67 bits per heavy atom. The smallest absolute Gasteiger partial charge is 0.335 e. The highest BCUT2D eigenvalue weighted by Gasteiger charge is 2.22. The van der Waals surface area contributed by atoms with Crippen molar-refractivity contribution in [3.05, 3.63) is 65.0 Å². The number of esters is 1. The van der Waals surface area contributed by atoms with Gasteiger partial charge in [0.05, 0.1) is 19.8 Å². The number of methoxy groups -OCH3 is 2. The topological polar surface area (TPSA) is 73.9 Å². The van der Waals surface area contributed by atoms with Crippen LogP contribution < -0.4 is 10.1 Å². The van der Waals surface area contributed by atoms with Crippen molar-refractivity contribution in [2.24, 2.45) is 0 Å². The second-order valence-electron chi connectivity index (χ2n) is 6.89. The molecule has 0 aliphatic heterocycles. The van der Waals surface area contributed by atoms with Gasteiger partial charge in [0.25, 0.3) is 5.91 Å². The lowest BCUT2D eigenvalue weighted by molar-refractivity contribution is -0.154. The Bertz CT molecular complexity index is 862. The maximum Gasteiger partial charge on any atom is 0.335 e. The number of carbonyl (C=O) groups excluding carboxylic acids is 2. The van der Waals surface area contributed by atoms with Gasteiger partial charge in [-0.25, -0.2) is 18.0 Å². The zero-order valence-corrected chi connectivity index (χ0v) is 19.0. The number of hydrogen-bond donors (Lipinski definition) is 1. The Hall–Kier alpha value is -3.07.